The van der Waals surface area contributed by atoms with Gasteiger partial charge in [0.05, 0.1) is 18.1 Å². The van der Waals surface area contributed by atoms with Gasteiger partial charge < -0.3 is 19.5 Å². The summed E-state index contributed by atoms with van der Waals surface area (Å²) >= 11 is 0. The van der Waals surface area contributed by atoms with E-state index < -0.39 is 0 Å². The van der Waals surface area contributed by atoms with E-state index in [1.54, 1.807) is 19.3 Å². The first-order valence-electron chi connectivity index (χ1n) is 10.3. The van der Waals surface area contributed by atoms with Crippen molar-refractivity contribution < 1.29 is 9.53 Å². The molecule has 0 radical (unpaired) electrons. The predicted octanol–water partition coefficient (Wildman–Crippen LogP) is 3.37. The zero-order chi connectivity index (χ0) is 21.3. The molecule has 0 saturated carbocycles. The number of carbonyl (C=O) groups excluding carboxylic acids is 1. The number of benzene rings is 2. The van der Waals surface area contributed by atoms with Gasteiger partial charge >= 0.3 is 0 Å². The van der Waals surface area contributed by atoms with Crippen molar-refractivity contribution >= 4 is 23.0 Å². The highest BCUT2D eigenvalue weighted by Gasteiger charge is 2.10. The Hall–Kier alpha value is -3.12. The molecule has 0 aliphatic heterocycles. The minimum Gasteiger partial charge on any atom is -0.497 e. The number of para-hydroxylation sites is 2. The first kappa shape index (κ1) is 21.6. The van der Waals surface area contributed by atoms with Crippen molar-refractivity contribution in [3.8, 4) is 5.75 Å². The molecule has 3 rings (SSSR count). The van der Waals surface area contributed by atoms with E-state index in [0.717, 1.165) is 47.7 Å². The fourth-order valence-electron chi connectivity index (χ4n) is 3.38. The highest BCUT2D eigenvalue weighted by molar-refractivity contribution is 5.91. The summed E-state index contributed by atoms with van der Waals surface area (Å²) in [5.74, 6) is 1.66. The van der Waals surface area contributed by atoms with Gasteiger partial charge in [-0.1, -0.05) is 24.3 Å². The number of amides is 1. The molecule has 0 unspecified atom stereocenters. The Morgan fingerprint density at radius 3 is 2.83 bits per heavy atom. The van der Waals surface area contributed by atoms with Gasteiger partial charge in [-0.05, 0) is 63.0 Å². The van der Waals surface area contributed by atoms with Gasteiger partial charge in [0.2, 0.25) is 5.91 Å². The lowest BCUT2D eigenvalue weighted by Gasteiger charge is -2.12. The average Bonchev–Trinajstić information content (AvgIpc) is 3.10. The standard InChI is InChI=1S/C24H30N4O2/c1-27(2)16-7-17-28-22-11-5-4-10-21(22)26-23(28)14-15-25-24(29)13-12-19-8-6-9-20(18-19)30-3/h4-6,8-13,18H,7,14-17H2,1-3H3,(H,25,29)/b13-12+. The van der Waals surface area contributed by atoms with Crippen molar-refractivity contribution in [2.24, 2.45) is 0 Å². The molecule has 158 valence electrons. The van der Waals surface area contributed by atoms with Crippen LogP contribution in [0.25, 0.3) is 17.1 Å². The Morgan fingerprint density at radius 2 is 2.03 bits per heavy atom. The molecule has 6 nitrogen and oxygen atoms in total. The van der Waals surface area contributed by atoms with Gasteiger partial charge in [0, 0.05) is 25.6 Å². The average molecular weight is 407 g/mol. The van der Waals surface area contributed by atoms with E-state index in [9.17, 15) is 4.79 Å². The molecule has 0 aliphatic carbocycles. The van der Waals surface area contributed by atoms with Crippen molar-refractivity contribution in [3.63, 3.8) is 0 Å². The molecule has 1 aromatic heterocycles. The number of aryl methyl sites for hydroxylation is 1. The predicted molar refractivity (Wildman–Crippen MR) is 122 cm³/mol. The smallest absolute Gasteiger partial charge is 0.244 e. The van der Waals surface area contributed by atoms with Crippen molar-refractivity contribution in [2.45, 2.75) is 19.4 Å². The van der Waals surface area contributed by atoms with Crippen molar-refractivity contribution in [1.29, 1.82) is 0 Å². The number of imidazole rings is 1. The maximum Gasteiger partial charge on any atom is 0.244 e. The molecule has 0 fully saturated rings. The number of carbonyl (C=O) groups is 1. The SMILES string of the molecule is COc1cccc(/C=C/C(=O)NCCc2nc3ccccc3n2CCCN(C)C)c1. The molecule has 30 heavy (non-hydrogen) atoms. The lowest BCUT2D eigenvalue weighted by molar-refractivity contribution is -0.116. The van der Waals surface area contributed by atoms with E-state index in [1.807, 2.05) is 42.5 Å². The second-order valence-electron chi connectivity index (χ2n) is 7.48. The number of hydrogen-bond acceptors (Lipinski definition) is 4. The fourth-order valence-corrected chi connectivity index (χ4v) is 3.38. The lowest BCUT2D eigenvalue weighted by Crippen LogP contribution is -2.24. The first-order chi connectivity index (χ1) is 14.6. The summed E-state index contributed by atoms with van der Waals surface area (Å²) in [6, 6.07) is 15.8. The third-order valence-electron chi connectivity index (χ3n) is 4.89. The van der Waals surface area contributed by atoms with Crippen LogP contribution in [0.2, 0.25) is 0 Å². The van der Waals surface area contributed by atoms with Crippen LogP contribution in [0, 0.1) is 0 Å². The van der Waals surface area contributed by atoms with Crippen LogP contribution in [0.3, 0.4) is 0 Å². The highest BCUT2D eigenvalue weighted by Crippen LogP contribution is 2.17. The van der Waals surface area contributed by atoms with Gasteiger partial charge in [0.15, 0.2) is 0 Å². The van der Waals surface area contributed by atoms with Gasteiger partial charge in [-0.3, -0.25) is 4.79 Å². The number of hydrogen-bond donors (Lipinski definition) is 1. The van der Waals surface area contributed by atoms with E-state index >= 15 is 0 Å². The van der Waals surface area contributed by atoms with Crippen LogP contribution in [0.1, 0.15) is 17.8 Å². The fraction of sp³-hybridized carbons (Fsp3) is 0.333. The monoisotopic (exact) mass is 406 g/mol. The summed E-state index contributed by atoms with van der Waals surface area (Å²) in [5, 5.41) is 2.96. The Bertz CT molecular complexity index is 1010. The van der Waals surface area contributed by atoms with E-state index in [1.165, 1.54) is 0 Å². The van der Waals surface area contributed by atoms with Crippen LogP contribution < -0.4 is 10.1 Å². The van der Waals surface area contributed by atoms with Crippen LogP contribution in [0.4, 0.5) is 0 Å². The minimum absolute atomic E-state index is 0.118. The highest BCUT2D eigenvalue weighted by atomic mass is 16.5. The van der Waals surface area contributed by atoms with Crippen LogP contribution in [-0.2, 0) is 17.8 Å². The summed E-state index contributed by atoms with van der Waals surface area (Å²) in [7, 11) is 5.80. The zero-order valence-corrected chi connectivity index (χ0v) is 18.0. The van der Waals surface area contributed by atoms with E-state index in [-0.39, 0.29) is 5.91 Å². The molecular weight excluding hydrogens is 376 g/mol. The van der Waals surface area contributed by atoms with Gasteiger partial charge in [-0.15, -0.1) is 0 Å². The molecular formula is C24H30N4O2. The van der Waals surface area contributed by atoms with Gasteiger partial charge in [0.1, 0.15) is 11.6 Å². The van der Waals surface area contributed by atoms with E-state index in [2.05, 4.69) is 34.9 Å². The number of nitrogens with zero attached hydrogens (tertiary/aromatic N) is 3. The maximum absolute atomic E-state index is 12.2. The molecule has 0 spiro atoms. The summed E-state index contributed by atoms with van der Waals surface area (Å²) in [5.41, 5.74) is 3.07. The van der Waals surface area contributed by atoms with E-state index in [0.29, 0.717) is 13.0 Å². The summed E-state index contributed by atoms with van der Waals surface area (Å²) < 4.78 is 7.48. The minimum atomic E-state index is -0.118. The van der Waals surface area contributed by atoms with E-state index in [4.69, 9.17) is 9.72 Å². The second kappa shape index (κ2) is 10.6. The Morgan fingerprint density at radius 1 is 1.20 bits per heavy atom. The molecule has 1 N–H and O–H groups in total. The van der Waals surface area contributed by atoms with Crippen LogP contribution in [0.15, 0.2) is 54.6 Å². The van der Waals surface area contributed by atoms with Crippen LogP contribution in [-0.4, -0.2) is 54.7 Å². The molecule has 1 amide bonds. The number of nitrogens with one attached hydrogen (secondary N) is 1. The van der Waals surface area contributed by atoms with Crippen molar-refractivity contribution in [3.05, 3.63) is 66.0 Å². The van der Waals surface area contributed by atoms with Gasteiger partial charge in [0.25, 0.3) is 0 Å². The Labute approximate surface area is 178 Å². The van der Waals surface area contributed by atoms with Crippen LogP contribution >= 0.6 is 0 Å². The summed E-state index contributed by atoms with van der Waals surface area (Å²) in [6.45, 7) is 2.48. The van der Waals surface area contributed by atoms with Gasteiger partial charge in [-0.25, -0.2) is 4.98 Å². The third-order valence-corrected chi connectivity index (χ3v) is 4.89. The molecule has 0 atom stereocenters. The Balaban J connectivity index is 1.59. The molecule has 1 heterocycles. The third kappa shape index (κ3) is 5.94. The quantitative estimate of drug-likeness (QED) is 0.525. The molecule has 0 bridgehead atoms. The van der Waals surface area contributed by atoms with Crippen LogP contribution in [0.5, 0.6) is 5.75 Å². The van der Waals surface area contributed by atoms with Crippen molar-refractivity contribution in [1.82, 2.24) is 19.8 Å². The number of fused-ring (bicyclic) bond motifs is 1. The maximum atomic E-state index is 12.2. The lowest BCUT2D eigenvalue weighted by atomic mass is 10.2. The molecule has 2 aromatic carbocycles. The second-order valence-corrected chi connectivity index (χ2v) is 7.48. The normalized spacial score (nSPS) is 11.5. The van der Waals surface area contributed by atoms with Crippen molar-refractivity contribution in [2.75, 3.05) is 34.3 Å². The Kier molecular flexibility index (Phi) is 7.63. The number of rotatable bonds is 10. The van der Waals surface area contributed by atoms with Gasteiger partial charge in [-0.2, -0.15) is 0 Å². The summed E-state index contributed by atoms with van der Waals surface area (Å²) in [6.07, 6.45) is 5.08. The molecule has 0 saturated heterocycles. The largest absolute Gasteiger partial charge is 0.497 e. The topological polar surface area (TPSA) is 59.4 Å². The molecule has 0 aliphatic rings. The molecule has 3 aromatic rings. The zero-order valence-electron chi connectivity index (χ0n) is 18.0. The summed E-state index contributed by atoms with van der Waals surface area (Å²) in [4.78, 5) is 19.2. The first-order valence-corrected chi connectivity index (χ1v) is 10.3. The number of ether oxygens (including phenoxy) is 1. The number of aromatic nitrogens is 2. The number of methoxy groups -OCH3 is 1. The molecule has 6 heteroatoms.